The Hall–Kier alpha value is -1.69. The topological polar surface area (TPSA) is 60.6 Å². The summed E-state index contributed by atoms with van der Waals surface area (Å²) in [6.45, 7) is 9.09. The van der Waals surface area contributed by atoms with Gasteiger partial charge < -0.3 is 5.32 Å². The first-order valence-corrected chi connectivity index (χ1v) is 6.73. The Morgan fingerprint density at radius 1 is 1.37 bits per heavy atom. The van der Waals surface area contributed by atoms with E-state index in [-0.39, 0.29) is 0 Å². The van der Waals surface area contributed by atoms with E-state index < -0.39 is 0 Å². The third-order valence-corrected chi connectivity index (χ3v) is 3.08. The van der Waals surface area contributed by atoms with Crippen LogP contribution in [-0.4, -0.2) is 37.4 Å². The smallest absolute Gasteiger partial charge is 0.0692 e. The zero-order chi connectivity index (χ0) is 13.7. The van der Waals surface area contributed by atoms with Crippen molar-refractivity contribution in [3.8, 4) is 0 Å². The highest BCUT2D eigenvalue weighted by Gasteiger charge is 2.06. The van der Waals surface area contributed by atoms with Crippen molar-refractivity contribution in [2.24, 2.45) is 0 Å². The lowest BCUT2D eigenvalue weighted by Gasteiger charge is -2.14. The second-order valence-electron chi connectivity index (χ2n) is 4.98. The molecule has 0 radical (unpaired) electrons. The summed E-state index contributed by atoms with van der Waals surface area (Å²) in [5.74, 6) is 0. The molecule has 6 nitrogen and oxygen atoms in total. The van der Waals surface area contributed by atoms with Crippen molar-refractivity contribution in [2.45, 2.75) is 46.3 Å². The SMILES string of the molecule is Cc1cc(C)n(CC(C)NCCCn2ccnn2)n1. The zero-order valence-corrected chi connectivity index (χ0v) is 11.9. The van der Waals surface area contributed by atoms with Crippen molar-refractivity contribution in [3.05, 3.63) is 29.8 Å². The van der Waals surface area contributed by atoms with E-state index in [1.54, 1.807) is 6.20 Å². The van der Waals surface area contributed by atoms with E-state index in [9.17, 15) is 0 Å². The maximum absolute atomic E-state index is 4.47. The minimum atomic E-state index is 0.411. The predicted molar refractivity (Wildman–Crippen MR) is 73.8 cm³/mol. The van der Waals surface area contributed by atoms with Crippen LogP contribution < -0.4 is 5.32 Å². The van der Waals surface area contributed by atoms with Gasteiger partial charge in [0.15, 0.2) is 0 Å². The Kier molecular flexibility index (Phi) is 4.68. The summed E-state index contributed by atoms with van der Waals surface area (Å²) in [6, 6.07) is 2.52. The van der Waals surface area contributed by atoms with Crippen LogP contribution in [0.25, 0.3) is 0 Å². The van der Waals surface area contributed by atoms with E-state index in [1.807, 2.05) is 17.8 Å². The van der Waals surface area contributed by atoms with Crippen LogP contribution in [0.1, 0.15) is 24.7 Å². The number of aryl methyl sites for hydroxylation is 3. The van der Waals surface area contributed by atoms with E-state index in [0.29, 0.717) is 6.04 Å². The van der Waals surface area contributed by atoms with E-state index in [4.69, 9.17) is 0 Å². The molecule has 104 valence electrons. The molecule has 0 aromatic carbocycles. The van der Waals surface area contributed by atoms with Crippen LogP contribution in [0, 0.1) is 13.8 Å². The molecule has 1 unspecified atom stereocenters. The molecule has 19 heavy (non-hydrogen) atoms. The third-order valence-electron chi connectivity index (χ3n) is 3.08. The Morgan fingerprint density at radius 2 is 2.21 bits per heavy atom. The van der Waals surface area contributed by atoms with Gasteiger partial charge in [-0.1, -0.05) is 5.21 Å². The molecular formula is C13H22N6. The second-order valence-corrected chi connectivity index (χ2v) is 4.98. The standard InChI is InChI=1S/C13H22N6/c1-11-9-13(3)19(16-11)10-12(2)14-5-4-7-18-8-6-15-17-18/h6,8-9,12,14H,4-5,7,10H2,1-3H3. The van der Waals surface area contributed by atoms with Gasteiger partial charge in [0.25, 0.3) is 0 Å². The lowest BCUT2D eigenvalue weighted by molar-refractivity contribution is 0.429. The zero-order valence-electron chi connectivity index (χ0n) is 11.9. The molecule has 0 saturated carbocycles. The molecule has 1 N–H and O–H groups in total. The van der Waals surface area contributed by atoms with Crippen molar-refractivity contribution in [1.29, 1.82) is 0 Å². The van der Waals surface area contributed by atoms with Gasteiger partial charge in [-0.15, -0.1) is 5.10 Å². The molecular weight excluding hydrogens is 240 g/mol. The van der Waals surface area contributed by atoms with E-state index in [2.05, 4.69) is 45.3 Å². The van der Waals surface area contributed by atoms with Crippen LogP contribution in [0.15, 0.2) is 18.5 Å². The van der Waals surface area contributed by atoms with Gasteiger partial charge in [0.1, 0.15) is 0 Å². The molecule has 0 amide bonds. The molecule has 0 saturated heterocycles. The van der Waals surface area contributed by atoms with Gasteiger partial charge in [0, 0.05) is 24.5 Å². The number of hydrogen-bond acceptors (Lipinski definition) is 4. The maximum Gasteiger partial charge on any atom is 0.0692 e. The minimum absolute atomic E-state index is 0.411. The molecule has 2 aromatic heterocycles. The average Bonchev–Trinajstić information content (AvgIpc) is 2.96. The van der Waals surface area contributed by atoms with Gasteiger partial charge in [-0.25, -0.2) is 0 Å². The van der Waals surface area contributed by atoms with Gasteiger partial charge in [0.2, 0.25) is 0 Å². The van der Waals surface area contributed by atoms with Crippen LogP contribution in [0.2, 0.25) is 0 Å². The van der Waals surface area contributed by atoms with Crippen LogP contribution in [0.4, 0.5) is 0 Å². The molecule has 0 aliphatic heterocycles. The van der Waals surface area contributed by atoms with Gasteiger partial charge in [-0.2, -0.15) is 5.10 Å². The Labute approximate surface area is 113 Å². The molecule has 0 aliphatic rings. The third kappa shape index (κ3) is 4.17. The van der Waals surface area contributed by atoms with Crippen molar-refractivity contribution < 1.29 is 0 Å². The van der Waals surface area contributed by atoms with Gasteiger partial charge in [-0.05, 0) is 39.8 Å². The average molecular weight is 262 g/mol. The van der Waals surface area contributed by atoms with Crippen LogP contribution in [0.3, 0.4) is 0 Å². The summed E-state index contributed by atoms with van der Waals surface area (Å²) in [6.07, 6.45) is 4.64. The van der Waals surface area contributed by atoms with Crippen molar-refractivity contribution >= 4 is 0 Å². The van der Waals surface area contributed by atoms with Gasteiger partial charge in [-0.3, -0.25) is 9.36 Å². The highest BCUT2D eigenvalue weighted by molar-refractivity contribution is 5.06. The van der Waals surface area contributed by atoms with Crippen LogP contribution in [-0.2, 0) is 13.1 Å². The molecule has 1 atom stereocenters. The van der Waals surface area contributed by atoms with Crippen molar-refractivity contribution in [3.63, 3.8) is 0 Å². The quantitative estimate of drug-likeness (QED) is 0.761. The lowest BCUT2D eigenvalue weighted by atomic mass is 10.3. The predicted octanol–water partition coefficient (Wildman–Crippen LogP) is 1.16. The number of aromatic nitrogens is 5. The number of rotatable bonds is 7. The highest BCUT2D eigenvalue weighted by Crippen LogP contribution is 2.02. The Balaban J connectivity index is 1.67. The molecule has 6 heteroatoms. The van der Waals surface area contributed by atoms with Gasteiger partial charge in [0.05, 0.1) is 18.4 Å². The monoisotopic (exact) mass is 262 g/mol. The first-order valence-electron chi connectivity index (χ1n) is 6.73. The van der Waals surface area contributed by atoms with Crippen LogP contribution >= 0.6 is 0 Å². The van der Waals surface area contributed by atoms with E-state index >= 15 is 0 Å². The van der Waals surface area contributed by atoms with Crippen LogP contribution in [0.5, 0.6) is 0 Å². The molecule has 2 aromatic rings. The lowest BCUT2D eigenvalue weighted by Crippen LogP contribution is -2.32. The van der Waals surface area contributed by atoms with Gasteiger partial charge >= 0.3 is 0 Å². The molecule has 0 spiro atoms. The highest BCUT2D eigenvalue weighted by atomic mass is 15.4. The fraction of sp³-hybridized carbons (Fsp3) is 0.615. The summed E-state index contributed by atoms with van der Waals surface area (Å²) < 4.78 is 3.91. The first-order chi connectivity index (χ1) is 9.15. The second kappa shape index (κ2) is 6.47. The molecule has 0 aliphatic carbocycles. The number of hydrogen-bond donors (Lipinski definition) is 1. The summed E-state index contributed by atoms with van der Waals surface area (Å²) in [4.78, 5) is 0. The number of nitrogens with one attached hydrogen (secondary N) is 1. The molecule has 2 heterocycles. The largest absolute Gasteiger partial charge is 0.312 e. The van der Waals surface area contributed by atoms with Crippen molar-refractivity contribution in [1.82, 2.24) is 30.1 Å². The first kappa shape index (κ1) is 13.7. The fourth-order valence-corrected chi connectivity index (χ4v) is 2.13. The van der Waals surface area contributed by atoms with Crippen molar-refractivity contribution in [2.75, 3.05) is 6.54 Å². The summed E-state index contributed by atoms with van der Waals surface area (Å²) in [5, 5.41) is 15.7. The van der Waals surface area contributed by atoms with E-state index in [0.717, 1.165) is 31.7 Å². The normalized spacial score (nSPS) is 12.8. The molecule has 0 fully saturated rings. The number of nitrogens with zero attached hydrogens (tertiary/aromatic N) is 5. The summed E-state index contributed by atoms with van der Waals surface area (Å²) in [7, 11) is 0. The summed E-state index contributed by atoms with van der Waals surface area (Å²) >= 11 is 0. The maximum atomic E-state index is 4.47. The fourth-order valence-electron chi connectivity index (χ4n) is 2.13. The molecule has 0 bridgehead atoms. The summed E-state index contributed by atoms with van der Waals surface area (Å²) in [5.41, 5.74) is 2.30. The Bertz CT molecular complexity index is 487. The molecule has 2 rings (SSSR count). The Morgan fingerprint density at radius 3 is 2.84 bits per heavy atom. The minimum Gasteiger partial charge on any atom is -0.312 e. The van der Waals surface area contributed by atoms with E-state index in [1.165, 1.54) is 5.69 Å².